The van der Waals surface area contributed by atoms with Gasteiger partial charge >= 0.3 is 0 Å². The molecule has 0 aromatic heterocycles. The van der Waals surface area contributed by atoms with E-state index in [2.05, 4.69) is 7.05 Å². The van der Waals surface area contributed by atoms with E-state index in [0.717, 1.165) is 11.0 Å². The fourth-order valence-electron chi connectivity index (χ4n) is 1.56. The van der Waals surface area contributed by atoms with E-state index in [1.54, 1.807) is 0 Å². The number of halogens is 1. The molecule has 2 nitrogen and oxygen atoms in total. The van der Waals surface area contributed by atoms with E-state index in [0.29, 0.717) is 6.61 Å². The largest absolute Gasteiger partial charge is 1.00 e. The van der Waals surface area contributed by atoms with Crippen molar-refractivity contribution in [2.75, 3.05) is 33.3 Å². The van der Waals surface area contributed by atoms with Gasteiger partial charge in [0.05, 0.1) is 26.7 Å². The number of hydrogen-bond acceptors (Lipinski definition) is 1. The Labute approximate surface area is 79.8 Å². The van der Waals surface area contributed by atoms with Gasteiger partial charge in [-0.05, 0) is 0 Å². The molecule has 1 aliphatic heterocycles. The Balaban J connectivity index is 0.000000810. The van der Waals surface area contributed by atoms with E-state index < -0.39 is 0 Å². The summed E-state index contributed by atoms with van der Waals surface area (Å²) in [5.74, 6) is 0. The first-order chi connectivity index (χ1) is 4.27. The maximum atomic E-state index is 8.68. The molecule has 1 fully saturated rings. The highest BCUT2D eigenvalue weighted by Crippen LogP contribution is 2.14. The maximum Gasteiger partial charge on any atom is 0.102 e. The van der Waals surface area contributed by atoms with Crippen LogP contribution in [0.5, 0.6) is 0 Å². The van der Waals surface area contributed by atoms with Crippen molar-refractivity contribution in [2.24, 2.45) is 0 Å². The monoisotopic (exact) mass is 257 g/mol. The number of hydrogen-bond donors (Lipinski definition) is 1. The first kappa shape index (κ1) is 10.7. The van der Waals surface area contributed by atoms with Crippen LogP contribution in [0.3, 0.4) is 0 Å². The second-order valence-electron chi connectivity index (χ2n) is 3.22. The first-order valence-electron chi connectivity index (χ1n) is 3.71. The molecule has 0 unspecified atom stereocenters. The number of quaternary nitrogens is 1. The number of likely N-dealkylation sites (N-methyl/N-ethyl adjacent to an activating group) is 1. The number of likely N-dealkylation sites (tertiary alicyclic amines) is 1. The van der Waals surface area contributed by atoms with Gasteiger partial charge in [-0.3, -0.25) is 0 Å². The molecule has 0 aliphatic carbocycles. The van der Waals surface area contributed by atoms with Crippen molar-refractivity contribution in [1.82, 2.24) is 0 Å². The summed E-state index contributed by atoms with van der Waals surface area (Å²) in [6.45, 7) is 3.82. The van der Waals surface area contributed by atoms with Crippen molar-refractivity contribution < 1.29 is 33.6 Å². The third kappa shape index (κ3) is 2.72. The van der Waals surface area contributed by atoms with Gasteiger partial charge in [0.1, 0.15) is 6.54 Å². The third-order valence-electron chi connectivity index (χ3n) is 2.29. The van der Waals surface area contributed by atoms with Crippen molar-refractivity contribution in [3.8, 4) is 0 Å². The Hall–Kier alpha value is 0.650. The van der Waals surface area contributed by atoms with Gasteiger partial charge in [-0.2, -0.15) is 0 Å². The minimum Gasteiger partial charge on any atom is -1.00 e. The van der Waals surface area contributed by atoms with Crippen molar-refractivity contribution in [3.05, 3.63) is 0 Å². The summed E-state index contributed by atoms with van der Waals surface area (Å²) in [6, 6.07) is 0. The molecular formula is C7H16INO. The molecule has 0 aromatic rings. The Kier molecular flexibility index (Phi) is 4.81. The molecule has 1 heterocycles. The van der Waals surface area contributed by atoms with Crippen LogP contribution in [0.1, 0.15) is 12.8 Å². The lowest BCUT2D eigenvalue weighted by molar-refractivity contribution is -0.897. The zero-order valence-corrected chi connectivity index (χ0v) is 8.67. The second-order valence-corrected chi connectivity index (χ2v) is 3.22. The van der Waals surface area contributed by atoms with Crippen LogP contribution in [0.25, 0.3) is 0 Å². The Morgan fingerprint density at radius 2 is 1.80 bits per heavy atom. The van der Waals surface area contributed by atoms with Crippen LogP contribution < -0.4 is 24.0 Å². The summed E-state index contributed by atoms with van der Waals surface area (Å²) < 4.78 is 1.09. The molecule has 0 spiro atoms. The van der Waals surface area contributed by atoms with Crippen molar-refractivity contribution in [2.45, 2.75) is 12.8 Å². The number of aliphatic hydroxyl groups excluding tert-OH is 1. The summed E-state index contributed by atoms with van der Waals surface area (Å²) >= 11 is 0. The first-order valence-corrected chi connectivity index (χ1v) is 3.71. The molecule has 0 atom stereocenters. The van der Waals surface area contributed by atoms with Gasteiger partial charge in [0.2, 0.25) is 0 Å². The average Bonchev–Trinajstić information content (AvgIpc) is 2.16. The Bertz CT molecular complexity index is 91.6. The quantitative estimate of drug-likeness (QED) is 0.419. The third-order valence-corrected chi connectivity index (χ3v) is 2.29. The van der Waals surface area contributed by atoms with Crippen LogP contribution in [0, 0.1) is 0 Å². The van der Waals surface area contributed by atoms with Gasteiger partial charge in [0, 0.05) is 12.8 Å². The molecule has 0 aromatic carbocycles. The lowest BCUT2D eigenvalue weighted by Gasteiger charge is -2.27. The molecule has 1 saturated heterocycles. The molecule has 62 valence electrons. The summed E-state index contributed by atoms with van der Waals surface area (Å²) in [5.41, 5.74) is 0. The lowest BCUT2D eigenvalue weighted by Crippen LogP contribution is -3.00. The molecule has 0 saturated carbocycles. The zero-order valence-electron chi connectivity index (χ0n) is 6.52. The zero-order chi connectivity index (χ0) is 6.74. The predicted molar refractivity (Wildman–Crippen MR) is 37.1 cm³/mol. The fourth-order valence-corrected chi connectivity index (χ4v) is 1.56. The molecule has 3 heteroatoms. The molecular weight excluding hydrogens is 241 g/mol. The molecule has 0 radical (unpaired) electrons. The van der Waals surface area contributed by atoms with Crippen molar-refractivity contribution >= 4 is 0 Å². The highest BCUT2D eigenvalue weighted by atomic mass is 127. The lowest BCUT2D eigenvalue weighted by atomic mass is 10.4. The highest BCUT2D eigenvalue weighted by Gasteiger charge is 2.25. The standard InChI is InChI=1S/C7H16NO.HI/c1-8(6-7-9)4-2-3-5-8;/h9H,2-7H2,1H3;1H/q+1;/p-1. The second kappa shape index (κ2) is 4.51. The summed E-state index contributed by atoms with van der Waals surface area (Å²) in [7, 11) is 2.23. The smallest absolute Gasteiger partial charge is 0.102 e. The number of aliphatic hydroxyl groups is 1. The molecule has 1 aliphatic rings. The SMILES string of the molecule is C[N+]1(CCO)CCCC1.[I-]. The molecule has 1 N–H and O–H groups in total. The molecule has 1 rings (SSSR count). The van der Waals surface area contributed by atoms with Crippen LogP contribution in [-0.2, 0) is 0 Å². The highest BCUT2D eigenvalue weighted by molar-refractivity contribution is 4.50. The minimum atomic E-state index is 0. The average molecular weight is 257 g/mol. The normalized spacial score (nSPS) is 22.2. The van der Waals surface area contributed by atoms with Gasteiger partial charge in [-0.25, -0.2) is 0 Å². The van der Waals surface area contributed by atoms with E-state index >= 15 is 0 Å². The minimum absolute atomic E-state index is 0. The van der Waals surface area contributed by atoms with Gasteiger partial charge in [-0.1, -0.05) is 0 Å². The molecule has 0 bridgehead atoms. The topological polar surface area (TPSA) is 20.2 Å². The van der Waals surface area contributed by atoms with Crippen LogP contribution >= 0.6 is 0 Å². The van der Waals surface area contributed by atoms with Crippen molar-refractivity contribution in [1.29, 1.82) is 0 Å². The maximum absolute atomic E-state index is 8.68. The summed E-state index contributed by atoms with van der Waals surface area (Å²) in [4.78, 5) is 0. The predicted octanol–water partition coefficient (Wildman–Crippen LogP) is -2.78. The molecule has 10 heavy (non-hydrogen) atoms. The van der Waals surface area contributed by atoms with Crippen molar-refractivity contribution in [3.63, 3.8) is 0 Å². The van der Waals surface area contributed by atoms with Crippen LogP contribution in [-0.4, -0.2) is 42.9 Å². The van der Waals surface area contributed by atoms with Gasteiger partial charge in [0.15, 0.2) is 0 Å². The van der Waals surface area contributed by atoms with Crippen LogP contribution in [0.2, 0.25) is 0 Å². The van der Waals surface area contributed by atoms with E-state index in [4.69, 9.17) is 5.11 Å². The fraction of sp³-hybridized carbons (Fsp3) is 1.00. The summed E-state index contributed by atoms with van der Waals surface area (Å²) in [6.07, 6.45) is 2.69. The molecule has 0 amide bonds. The summed E-state index contributed by atoms with van der Waals surface area (Å²) in [5, 5.41) is 8.68. The van der Waals surface area contributed by atoms with E-state index in [1.807, 2.05) is 0 Å². The Morgan fingerprint density at radius 1 is 1.30 bits per heavy atom. The van der Waals surface area contributed by atoms with Gasteiger partial charge in [0.25, 0.3) is 0 Å². The van der Waals surface area contributed by atoms with E-state index in [-0.39, 0.29) is 24.0 Å². The number of nitrogens with zero attached hydrogens (tertiary/aromatic N) is 1. The van der Waals surface area contributed by atoms with E-state index in [9.17, 15) is 0 Å². The van der Waals surface area contributed by atoms with Gasteiger partial charge < -0.3 is 33.6 Å². The van der Waals surface area contributed by atoms with Crippen LogP contribution in [0.15, 0.2) is 0 Å². The van der Waals surface area contributed by atoms with E-state index in [1.165, 1.54) is 25.9 Å². The van der Waals surface area contributed by atoms with Crippen LogP contribution in [0.4, 0.5) is 0 Å². The van der Waals surface area contributed by atoms with Gasteiger partial charge in [-0.15, -0.1) is 0 Å². The Morgan fingerprint density at radius 3 is 2.20 bits per heavy atom. The number of rotatable bonds is 2.